The fraction of sp³-hybridized carbons (Fsp3) is 0.188. The van der Waals surface area contributed by atoms with Gasteiger partial charge in [-0.3, -0.25) is 0 Å². The van der Waals surface area contributed by atoms with E-state index >= 15 is 0 Å². The first-order valence-corrected chi connectivity index (χ1v) is 6.14. The molecule has 0 radical (unpaired) electrons. The SMILES string of the molecule is COc1c(C(=O)O)ccc(-c2ccccc2C)c1OC. The zero-order chi connectivity index (χ0) is 14.7. The molecule has 104 valence electrons. The average molecular weight is 272 g/mol. The fourth-order valence-corrected chi connectivity index (χ4v) is 2.22. The molecule has 4 nitrogen and oxygen atoms in total. The van der Waals surface area contributed by atoms with Gasteiger partial charge in [-0.2, -0.15) is 0 Å². The number of hydrogen-bond acceptors (Lipinski definition) is 3. The average Bonchev–Trinajstić information content (AvgIpc) is 2.46. The topological polar surface area (TPSA) is 55.8 Å². The molecule has 2 aromatic carbocycles. The molecule has 0 saturated heterocycles. The molecule has 2 aromatic rings. The van der Waals surface area contributed by atoms with Gasteiger partial charge in [0, 0.05) is 5.56 Å². The van der Waals surface area contributed by atoms with Gasteiger partial charge < -0.3 is 14.6 Å². The molecular weight excluding hydrogens is 256 g/mol. The lowest BCUT2D eigenvalue weighted by Gasteiger charge is -2.16. The number of rotatable bonds is 4. The van der Waals surface area contributed by atoms with Gasteiger partial charge in [0.25, 0.3) is 0 Å². The maximum Gasteiger partial charge on any atom is 0.339 e. The first-order chi connectivity index (χ1) is 9.60. The minimum absolute atomic E-state index is 0.0849. The maximum absolute atomic E-state index is 11.2. The maximum atomic E-state index is 11.2. The van der Waals surface area contributed by atoms with E-state index in [1.54, 1.807) is 6.07 Å². The van der Waals surface area contributed by atoms with Crippen molar-refractivity contribution in [1.29, 1.82) is 0 Å². The minimum Gasteiger partial charge on any atom is -0.492 e. The van der Waals surface area contributed by atoms with Crippen LogP contribution in [-0.2, 0) is 0 Å². The van der Waals surface area contributed by atoms with Crippen LogP contribution in [0.3, 0.4) is 0 Å². The second-order valence-electron chi connectivity index (χ2n) is 4.35. The van der Waals surface area contributed by atoms with Crippen LogP contribution in [0.15, 0.2) is 36.4 Å². The summed E-state index contributed by atoms with van der Waals surface area (Å²) < 4.78 is 10.6. The van der Waals surface area contributed by atoms with Crippen LogP contribution in [0.2, 0.25) is 0 Å². The van der Waals surface area contributed by atoms with Crippen molar-refractivity contribution in [1.82, 2.24) is 0 Å². The summed E-state index contributed by atoms with van der Waals surface area (Å²) >= 11 is 0. The molecule has 0 aromatic heterocycles. The number of benzene rings is 2. The van der Waals surface area contributed by atoms with E-state index in [9.17, 15) is 9.90 Å². The van der Waals surface area contributed by atoms with E-state index in [2.05, 4.69) is 0 Å². The van der Waals surface area contributed by atoms with Crippen LogP contribution in [0.4, 0.5) is 0 Å². The van der Waals surface area contributed by atoms with Gasteiger partial charge >= 0.3 is 5.97 Å². The van der Waals surface area contributed by atoms with Gasteiger partial charge in [0.1, 0.15) is 5.56 Å². The van der Waals surface area contributed by atoms with Crippen molar-refractivity contribution in [2.75, 3.05) is 14.2 Å². The van der Waals surface area contributed by atoms with E-state index < -0.39 is 5.97 Å². The summed E-state index contributed by atoms with van der Waals surface area (Å²) in [7, 11) is 2.94. The molecule has 0 unspecified atom stereocenters. The van der Waals surface area contributed by atoms with Crippen LogP contribution in [0.1, 0.15) is 15.9 Å². The largest absolute Gasteiger partial charge is 0.492 e. The third kappa shape index (κ3) is 2.32. The molecule has 0 spiro atoms. The lowest BCUT2D eigenvalue weighted by atomic mass is 9.97. The molecular formula is C16H16O4. The van der Waals surface area contributed by atoms with Crippen LogP contribution in [0, 0.1) is 6.92 Å². The van der Waals surface area contributed by atoms with Gasteiger partial charge in [0.2, 0.25) is 0 Å². The third-order valence-corrected chi connectivity index (χ3v) is 3.19. The van der Waals surface area contributed by atoms with E-state index in [4.69, 9.17) is 9.47 Å². The Hall–Kier alpha value is -2.49. The molecule has 0 aliphatic heterocycles. The first kappa shape index (κ1) is 13.9. The predicted molar refractivity (Wildman–Crippen MR) is 76.7 cm³/mol. The third-order valence-electron chi connectivity index (χ3n) is 3.19. The summed E-state index contributed by atoms with van der Waals surface area (Å²) in [4.78, 5) is 11.2. The number of carbonyl (C=O) groups is 1. The van der Waals surface area contributed by atoms with Crippen molar-refractivity contribution in [2.45, 2.75) is 6.92 Å². The van der Waals surface area contributed by atoms with E-state index in [-0.39, 0.29) is 11.3 Å². The normalized spacial score (nSPS) is 10.2. The number of aromatic carboxylic acids is 1. The predicted octanol–water partition coefficient (Wildman–Crippen LogP) is 3.38. The number of hydrogen-bond donors (Lipinski definition) is 1. The van der Waals surface area contributed by atoms with E-state index in [0.29, 0.717) is 5.75 Å². The van der Waals surface area contributed by atoms with Crippen LogP contribution >= 0.6 is 0 Å². The first-order valence-electron chi connectivity index (χ1n) is 6.14. The Balaban J connectivity index is 2.73. The molecule has 0 atom stereocenters. The summed E-state index contributed by atoms with van der Waals surface area (Å²) in [6.45, 7) is 1.99. The van der Waals surface area contributed by atoms with Crippen LogP contribution in [0.5, 0.6) is 11.5 Å². The highest BCUT2D eigenvalue weighted by molar-refractivity contribution is 5.94. The summed E-state index contributed by atoms with van der Waals surface area (Å²) in [6, 6.07) is 11.1. The van der Waals surface area contributed by atoms with Crippen LogP contribution < -0.4 is 9.47 Å². The summed E-state index contributed by atoms with van der Waals surface area (Å²) in [5, 5.41) is 9.20. The Labute approximate surface area is 117 Å². The van der Waals surface area contributed by atoms with Crippen molar-refractivity contribution in [2.24, 2.45) is 0 Å². The molecule has 0 aliphatic rings. The molecule has 20 heavy (non-hydrogen) atoms. The number of carboxylic acids is 1. The van der Waals surface area contributed by atoms with Crippen molar-refractivity contribution < 1.29 is 19.4 Å². The zero-order valence-corrected chi connectivity index (χ0v) is 11.6. The standard InChI is InChI=1S/C16H16O4/c1-10-6-4-5-7-11(10)12-8-9-13(16(17)18)15(20-3)14(12)19-2/h4-9H,1-3H3,(H,17,18). The van der Waals surface area contributed by atoms with E-state index in [1.807, 2.05) is 31.2 Å². The monoisotopic (exact) mass is 272 g/mol. The van der Waals surface area contributed by atoms with Gasteiger partial charge in [-0.15, -0.1) is 0 Å². The molecule has 4 heteroatoms. The Morgan fingerprint density at radius 2 is 1.60 bits per heavy atom. The Morgan fingerprint density at radius 1 is 0.950 bits per heavy atom. The van der Waals surface area contributed by atoms with Gasteiger partial charge in [-0.1, -0.05) is 24.3 Å². The van der Waals surface area contributed by atoms with Crippen molar-refractivity contribution in [3.8, 4) is 22.6 Å². The van der Waals surface area contributed by atoms with Crippen molar-refractivity contribution in [3.63, 3.8) is 0 Å². The molecule has 1 N–H and O–H groups in total. The van der Waals surface area contributed by atoms with Gasteiger partial charge in [0.05, 0.1) is 14.2 Å². The number of methoxy groups -OCH3 is 2. The molecule has 0 heterocycles. The number of aryl methyl sites for hydroxylation is 1. The van der Waals surface area contributed by atoms with Gasteiger partial charge in [0.15, 0.2) is 11.5 Å². The molecule has 2 rings (SSSR count). The zero-order valence-electron chi connectivity index (χ0n) is 11.6. The lowest BCUT2D eigenvalue weighted by Crippen LogP contribution is -2.03. The second-order valence-corrected chi connectivity index (χ2v) is 4.35. The molecule has 0 aliphatic carbocycles. The Morgan fingerprint density at radius 3 is 2.15 bits per heavy atom. The summed E-state index contributed by atoms with van der Waals surface area (Å²) in [6.07, 6.45) is 0. The molecule has 0 saturated carbocycles. The molecule has 0 amide bonds. The highest BCUT2D eigenvalue weighted by Crippen LogP contribution is 2.41. The molecule has 0 fully saturated rings. The van der Waals surface area contributed by atoms with Gasteiger partial charge in [-0.05, 0) is 30.2 Å². The number of carboxylic acid groups (broad SMARTS) is 1. The second kappa shape index (κ2) is 5.65. The van der Waals surface area contributed by atoms with Crippen molar-refractivity contribution >= 4 is 5.97 Å². The fourth-order valence-electron chi connectivity index (χ4n) is 2.22. The Kier molecular flexibility index (Phi) is 3.94. The smallest absolute Gasteiger partial charge is 0.339 e. The molecule has 0 bridgehead atoms. The van der Waals surface area contributed by atoms with Crippen LogP contribution in [0.25, 0.3) is 11.1 Å². The highest BCUT2D eigenvalue weighted by Gasteiger charge is 2.20. The van der Waals surface area contributed by atoms with E-state index in [1.165, 1.54) is 20.3 Å². The van der Waals surface area contributed by atoms with Crippen LogP contribution in [-0.4, -0.2) is 25.3 Å². The highest BCUT2D eigenvalue weighted by atomic mass is 16.5. The Bertz CT molecular complexity index is 647. The summed E-state index contributed by atoms with van der Waals surface area (Å²) in [5.74, 6) is -0.376. The van der Waals surface area contributed by atoms with E-state index in [0.717, 1.165) is 16.7 Å². The minimum atomic E-state index is -1.04. The van der Waals surface area contributed by atoms with Gasteiger partial charge in [-0.25, -0.2) is 4.79 Å². The quantitative estimate of drug-likeness (QED) is 0.927. The van der Waals surface area contributed by atoms with Crippen molar-refractivity contribution in [3.05, 3.63) is 47.5 Å². The summed E-state index contributed by atoms with van der Waals surface area (Å²) in [5.41, 5.74) is 2.96. The lowest BCUT2D eigenvalue weighted by molar-refractivity contribution is 0.0692. The number of ether oxygens (including phenoxy) is 2.